The summed E-state index contributed by atoms with van der Waals surface area (Å²) in [6.45, 7) is 2.99. The van der Waals surface area contributed by atoms with Gasteiger partial charge in [-0.15, -0.1) is 0 Å². The number of carbonyl (C=O) groups is 1. The second-order valence-electron chi connectivity index (χ2n) is 5.19. The number of halogens is 1. The molecule has 24 heavy (non-hydrogen) atoms. The van der Waals surface area contributed by atoms with Crippen LogP contribution < -0.4 is 4.90 Å². The number of rotatable bonds is 4. The van der Waals surface area contributed by atoms with Gasteiger partial charge in [0.1, 0.15) is 5.76 Å². The fraction of sp³-hybridized carbons (Fsp3) is 0.294. The molecular formula is C17H17ClN2O4. The Bertz CT molecular complexity index is 751. The first kappa shape index (κ1) is 16.5. The van der Waals surface area contributed by atoms with E-state index in [9.17, 15) is 4.79 Å². The van der Waals surface area contributed by atoms with E-state index in [0.29, 0.717) is 35.2 Å². The van der Waals surface area contributed by atoms with Crippen LogP contribution >= 0.6 is 11.6 Å². The number of methoxy groups -OCH3 is 1. The lowest BCUT2D eigenvalue weighted by Gasteiger charge is -2.26. The Hall–Kier alpha value is -2.31. The van der Waals surface area contributed by atoms with Gasteiger partial charge in [0.15, 0.2) is 5.88 Å². The van der Waals surface area contributed by atoms with Gasteiger partial charge >= 0.3 is 5.97 Å². The molecule has 126 valence electrons. The highest BCUT2D eigenvalue weighted by molar-refractivity contribution is 6.33. The molecule has 0 atom stereocenters. The van der Waals surface area contributed by atoms with Crippen LogP contribution in [0, 0.1) is 0 Å². The number of carbonyl (C=O) groups excluding carboxylic acids is 1. The van der Waals surface area contributed by atoms with E-state index in [1.54, 1.807) is 24.4 Å². The van der Waals surface area contributed by atoms with Crippen molar-refractivity contribution in [2.75, 3.05) is 38.3 Å². The molecule has 0 spiro atoms. The minimum atomic E-state index is -0.435. The maximum absolute atomic E-state index is 11.6. The van der Waals surface area contributed by atoms with Crippen molar-refractivity contribution in [3.8, 4) is 0 Å². The number of anilines is 1. The molecule has 2 aromatic rings. The van der Waals surface area contributed by atoms with E-state index in [-0.39, 0.29) is 0 Å². The first-order valence-corrected chi connectivity index (χ1v) is 7.89. The fourth-order valence-electron chi connectivity index (χ4n) is 2.35. The lowest BCUT2D eigenvalue weighted by molar-refractivity contribution is 0.0601. The summed E-state index contributed by atoms with van der Waals surface area (Å²) in [5.41, 5.74) is 0.867. The number of aliphatic imine (C=N–C) groups is 1. The molecule has 6 nitrogen and oxygen atoms in total. The Kier molecular flexibility index (Phi) is 5.17. The van der Waals surface area contributed by atoms with Crippen LogP contribution in [0.25, 0.3) is 0 Å². The van der Waals surface area contributed by atoms with Gasteiger partial charge in [0.2, 0.25) is 0 Å². The lowest BCUT2D eigenvalue weighted by atomic mass is 10.2. The molecule has 1 saturated heterocycles. The van der Waals surface area contributed by atoms with Crippen molar-refractivity contribution in [3.05, 3.63) is 46.7 Å². The molecule has 1 aromatic carbocycles. The normalized spacial score (nSPS) is 15.0. The Morgan fingerprint density at radius 2 is 2.08 bits per heavy atom. The number of furan rings is 1. The first-order chi connectivity index (χ1) is 11.7. The number of benzene rings is 1. The quantitative estimate of drug-likeness (QED) is 0.626. The summed E-state index contributed by atoms with van der Waals surface area (Å²) in [6.07, 6.45) is 1.58. The van der Waals surface area contributed by atoms with Gasteiger partial charge < -0.3 is 18.8 Å². The summed E-state index contributed by atoms with van der Waals surface area (Å²) in [4.78, 5) is 18.0. The Labute approximate surface area is 144 Å². The third kappa shape index (κ3) is 3.77. The second-order valence-corrected chi connectivity index (χ2v) is 5.60. The number of esters is 1. The molecule has 1 aromatic heterocycles. The smallest absolute Gasteiger partial charge is 0.337 e. The van der Waals surface area contributed by atoms with Gasteiger partial charge in [-0.2, -0.15) is 0 Å². The standard InChI is InChI=1S/C17H17ClN2O4/c1-22-17(21)12-2-4-14(18)15(10-12)19-11-13-3-5-16(24-13)20-6-8-23-9-7-20/h2-5,10-11H,6-9H2,1H3. The van der Waals surface area contributed by atoms with Crippen molar-refractivity contribution in [2.45, 2.75) is 0 Å². The third-order valence-corrected chi connectivity index (χ3v) is 3.95. The number of hydrogen-bond acceptors (Lipinski definition) is 6. The van der Waals surface area contributed by atoms with E-state index < -0.39 is 5.97 Å². The fourth-order valence-corrected chi connectivity index (χ4v) is 2.52. The minimum absolute atomic E-state index is 0.391. The number of ether oxygens (including phenoxy) is 2. The van der Waals surface area contributed by atoms with Crippen molar-refractivity contribution in [3.63, 3.8) is 0 Å². The maximum atomic E-state index is 11.6. The third-order valence-electron chi connectivity index (χ3n) is 3.63. The van der Waals surface area contributed by atoms with E-state index in [1.807, 2.05) is 12.1 Å². The van der Waals surface area contributed by atoms with E-state index in [4.69, 9.17) is 25.5 Å². The average Bonchev–Trinajstić information content (AvgIpc) is 3.10. The monoisotopic (exact) mass is 348 g/mol. The molecule has 3 rings (SSSR count). The lowest BCUT2D eigenvalue weighted by Crippen LogP contribution is -2.35. The van der Waals surface area contributed by atoms with Crippen LogP contribution in [0.5, 0.6) is 0 Å². The van der Waals surface area contributed by atoms with Crippen molar-refractivity contribution in [1.29, 1.82) is 0 Å². The Balaban J connectivity index is 1.76. The predicted octanol–water partition coefficient (Wildman–Crippen LogP) is 3.31. The molecule has 0 bridgehead atoms. The van der Waals surface area contributed by atoms with Gasteiger partial charge in [0.05, 0.1) is 42.8 Å². The summed E-state index contributed by atoms with van der Waals surface area (Å²) >= 11 is 6.12. The van der Waals surface area contributed by atoms with Crippen molar-refractivity contribution in [2.24, 2.45) is 4.99 Å². The molecule has 0 saturated carbocycles. The molecular weight excluding hydrogens is 332 g/mol. The van der Waals surface area contributed by atoms with Gasteiger partial charge in [-0.3, -0.25) is 4.99 Å². The minimum Gasteiger partial charge on any atom is -0.465 e. The average molecular weight is 349 g/mol. The van der Waals surface area contributed by atoms with Crippen molar-refractivity contribution < 1.29 is 18.7 Å². The Morgan fingerprint density at radius 3 is 2.83 bits per heavy atom. The molecule has 7 heteroatoms. The molecule has 1 aliphatic rings. The van der Waals surface area contributed by atoms with Gasteiger partial charge in [-0.05, 0) is 24.3 Å². The highest BCUT2D eigenvalue weighted by atomic mass is 35.5. The molecule has 1 aliphatic heterocycles. The topological polar surface area (TPSA) is 64.3 Å². The van der Waals surface area contributed by atoms with Gasteiger partial charge in [-0.25, -0.2) is 4.79 Å². The summed E-state index contributed by atoms with van der Waals surface area (Å²) in [6, 6.07) is 8.53. The zero-order valence-electron chi connectivity index (χ0n) is 13.2. The number of hydrogen-bond donors (Lipinski definition) is 0. The summed E-state index contributed by atoms with van der Waals surface area (Å²) in [5, 5.41) is 0.443. The maximum Gasteiger partial charge on any atom is 0.337 e. The highest BCUT2D eigenvalue weighted by Crippen LogP contribution is 2.27. The first-order valence-electron chi connectivity index (χ1n) is 7.52. The molecule has 1 fully saturated rings. The summed E-state index contributed by atoms with van der Waals surface area (Å²) < 4.78 is 15.8. The highest BCUT2D eigenvalue weighted by Gasteiger charge is 2.14. The van der Waals surface area contributed by atoms with Crippen LogP contribution in [0.4, 0.5) is 11.6 Å². The van der Waals surface area contributed by atoms with Gasteiger partial charge in [0.25, 0.3) is 0 Å². The predicted molar refractivity (Wildman–Crippen MR) is 91.8 cm³/mol. The molecule has 0 N–H and O–H groups in total. The number of morpholine rings is 1. The van der Waals surface area contributed by atoms with Crippen molar-refractivity contribution in [1.82, 2.24) is 0 Å². The van der Waals surface area contributed by atoms with Gasteiger partial charge in [-0.1, -0.05) is 11.6 Å². The summed E-state index contributed by atoms with van der Waals surface area (Å²) in [5.74, 6) is 0.959. The molecule has 0 radical (unpaired) electrons. The van der Waals surface area contributed by atoms with E-state index in [1.165, 1.54) is 7.11 Å². The molecule has 0 aliphatic carbocycles. The zero-order chi connectivity index (χ0) is 16.9. The molecule has 2 heterocycles. The number of nitrogens with zero attached hydrogens (tertiary/aromatic N) is 2. The van der Waals surface area contributed by atoms with Crippen LogP contribution in [-0.4, -0.2) is 45.6 Å². The summed E-state index contributed by atoms with van der Waals surface area (Å²) in [7, 11) is 1.33. The Morgan fingerprint density at radius 1 is 1.29 bits per heavy atom. The van der Waals surface area contributed by atoms with Crippen molar-refractivity contribution >= 4 is 35.4 Å². The molecule has 0 amide bonds. The SMILES string of the molecule is COC(=O)c1ccc(Cl)c(N=Cc2ccc(N3CCOCC3)o2)c1. The van der Waals surface area contributed by atoms with Crippen LogP contribution in [0.1, 0.15) is 16.1 Å². The van der Waals surface area contributed by atoms with Gasteiger partial charge in [0, 0.05) is 19.2 Å². The van der Waals surface area contributed by atoms with Crippen LogP contribution in [-0.2, 0) is 9.47 Å². The largest absolute Gasteiger partial charge is 0.465 e. The van der Waals surface area contributed by atoms with Crippen LogP contribution in [0.3, 0.4) is 0 Å². The second kappa shape index (κ2) is 7.51. The van der Waals surface area contributed by atoms with Crippen LogP contribution in [0.15, 0.2) is 39.7 Å². The van der Waals surface area contributed by atoms with E-state index >= 15 is 0 Å². The zero-order valence-corrected chi connectivity index (χ0v) is 14.0. The van der Waals surface area contributed by atoms with Crippen LogP contribution in [0.2, 0.25) is 5.02 Å². The van der Waals surface area contributed by atoms with E-state index in [2.05, 4.69) is 9.89 Å². The van der Waals surface area contributed by atoms with E-state index in [0.717, 1.165) is 19.0 Å². The molecule has 0 unspecified atom stereocenters.